The molecule has 0 fully saturated rings. The van der Waals surface area contributed by atoms with Gasteiger partial charge in [-0.15, -0.1) is 10.2 Å². The Morgan fingerprint density at radius 3 is 2.52 bits per heavy atom. The second kappa shape index (κ2) is 7.94. The van der Waals surface area contributed by atoms with E-state index in [1.54, 1.807) is 31.2 Å². The van der Waals surface area contributed by atoms with Gasteiger partial charge in [0.15, 0.2) is 0 Å². The Labute approximate surface area is 169 Å². The highest BCUT2D eigenvalue weighted by molar-refractivity contribution is 14.1. The number of nitrogens with zero attached hydrogens (tertiary/aromatic N) is 3. The lowest BCUT2D eigenvalue weighted by atomic mass is 10.1. The van der Waals surface area contributed by atoms with E-state index in [1.165, 1.54) is 12.1 Å². The van der Waals surface area contributed by atoms with Gasteiger partial charge in [0, 0.05) is 14.8 Å². The van der Waals surface area contributed by atoms with Crippen molar-refractivity contribution in [2.45, 2.75) is 26.0 Å². The highest BCUT2D eigenvalue weighted by atomic mass is 127. The van der Waals surface area contributed by atoms with Crippen LogP contribution in [-0.4, -0.2) is 26.5 Å². The summed E-state index contributed by atoms with van der Waals surface area (Å²) in [5.41, 5.74) is 2.94. The average molecular weight is 476 g/mol. The van der Waals surface area contributed by atoms with E-state index in [2.05, 4.69) is 44.2 Å². The maximum atomic E-state index is 10.2. The number of hydrogen-bond acceptors (Lipinski definition) is 7. The first-order chi connectivity index (χ1) is 12.9. The molecule has 0 radical (unpaired) electrons. The molecule has 3 aromatic rings. The van der Waals surface area contributed by atoms with Crippen molar-refractivity contribution in [2.75, 3.05) is 5.32 Å². The van der Waals surface area contributed by atoms with E-state index in [0.717, 1.165) is 14.8 Å². The highest BCUT2D eigenvalue weighted by Gasteiger charge is 2.25. The Hall–Kier alpha value is -2.64. The van der Waals surface area contributed by atoms with Crippen molar-refractivity contribution >= 4 is 28.3 Å². The number of benzene rings is 2. The van der Waals surface area contributed by atoms with Gasteiger partial charge in [0.05, 0.1) is 11.7 Å². The van der Waals surface area contributed by atoms with Crippen LogP contribution in [0, 0.1) is 21.8 Å². The van der Waals surface area contributed by atoms with Crippen LogP contribution in [0.5, 0.6) is 5.75 Å². The smallest absolute Gasteiger partial charge is 0.247 e. The van der Waals surface area contributed by atoms with Crippen molar-refractivity contribution in [3.8, 4) is 23.3 Å². The summed E-state index contributed by atoms with van der Waals surface area (Å²) in [6.45, 7) is 3.53. The molecule has 0 bridgehead atoms. The molecule has 27 heavy (non-hydrogen) atoms. The molecule has 0 aliphatic rings. The molecular weight excluding hydrogens is 459 g/mol. The fraction of sp³-hybridized carbons (Fsp3) is 0.211. The highest BCUT2D eigenvalue weighted by Crippen LogP contribution is 2.30. The molecule has 3 N–H and O–H groups in total. The zero-order chi connectivity index (χ0) is 19.6. The molecule has 0 aliphatic heterocycles. The summed E-state index contributed by atoms with van der Waals surface area (Å²) in [6, 6.07) is 11.5. The summed E-state index contributed by atoms with van der Waals surface area (Å²) in [7, 11) is 0. The van der Waals surface area contributed by atoms with Crippen LogP contribution in [0.1, 0.15) is 30.0 Å². The Morgan fingerprint density at radius 1 is 1.19 bits per heavy atom. The first-order valence-corrected chi connectivity index (χ1v) is 9.25. The summed E-state index contributed by atoms with van der Waals surface area (Å²) >= 11 is 2.13. The zero-order valence-corrected chi connectivity index (χ0v) is 16.8. The van der Waals surface area contributed by atoms with Gasteiger partial charge >= 0.3 is 0 Å². The van der Waals surface area contributed by atoms with E-state index in [9.17, 15) is 10.2 Å². The Bertz CT molecular complexity index is 993. The normalized spacial score (nSPS) is 13.0. The van der Waals surface area contributed by atoms with E-state index in [4.69, 9.17) is 9.68 Å². The molecule has 0 aliphatic carbocycles. The molecular formula is C19H17IN4O3. The Balaban J connectivity index is 1.90. The van der Waals surface area contributed by atoms with Gasteiger partial charge in [0.2, 0.25) is 11.8 Å². The zero-order valence-electron chi connectivity index (χ0n) is 14.6. The lowest BCUT2D eigenvalue weighted by molar-refractivity contribution is 0.159. The van der Waals surface area contributed by atoms with Gasteiger partial charge < -0.3 is 19.9 Å². The lowest BCUT2D eigenvalue weighted by Crippen LogP contribution is -2.23. The van der Waals surface area contributed by atoms with Crippen LogP contribution in [0.25, 0.3) is 11.5 Å². The van der Waals surface area contributed by atoms with Crippen LogP contribution in [-0.2, 0) is 0 Å². The van der Waals surface area contributed by atoms with E-state index in [1.807, 2.05) is 6.92 Å². The number of nitrogens with one attached hydrogen (secondary N) is 1. The van der Waals surface area contributed by atoms with Crippen molar-refractivity contribution in [3.05, 3.63) is 57.0 Å². The Morgan fingerprint density at radius 2 is 1.89 bits per heavy atom. The second-order valence-electron chi connectivity index (χ2n) is 6.07. The maximum absolute atomic E-state index is 10.2. The molecule has 8 heteroatoms. The molecule has 0 amide bonds. The van der Waals surface area contributed by atoms with E-state index in [-0.39, 0.29) is 11.6 Å². The number of aliphatic hydroxyl groups excluding tert-OH is 1. The predicted molar refractivity (Wildman–Crippen MR) is 108 cm³/mol. The van der Waals surface area contributed by atoms with Gasteiger partial charge in [-0.2, -0.15) is 5.26 Å². The molecule has 2 aromatic carbocycles. The van der Waals surface area contributed by atoms with Gasteiger partial charge in [-0.25, -0.2) is 0 Å². The van der Waals surface area contributed by atoms with Crippen molar-refractivity contribution in [2.24, 2.45) is 0 Å². The molecule has 2 atom stereocenters. The average Bonchev–Trinajstić information content (AvgIpc) is 3.13. The van der Waals surface area contributed by atoms with Crippen LogP contribution in [0.2, 0.25) is 0 Å². The summed E-state index contributed by atoms with van der Waals surface area (Å²) in [6.07, 6.45) is -0.800. The number of nitriles is 1. The minimum atomic E-state index is -0.800. The van der Waals surface area contributed by atoms with Crippen molar-refractivity contribution in [3.63, 3.8) is 0 Å². The number of aromatic hydroxyl groups is 1. The molecule has 1 heterocycles. The summed E-state index contributed by atoms with van der Waals surface area (Å²) < 4.78 is 6.59. The van der Waals surface area contributed by atoms with E-state index >= 15 is 0 Å². The number of phenols is 1. The van der Waals surface area contributed by atoms with Crippen LogP contribution >= 0.6 is 22.6 Å². The third kappa shape index (κ3) is 4.04. The number of halogens is 1. The van der Waals surface area contributed by atoms with Gasteiger partial charge in [0.1, 0.15) is 17.9 Å². The second-order valence-corrected chi connectivity index (χ2v) is 7.15. The van der Waals surface area contributed by atoms with Crippen LogP contribution in [0.3, 0.4) is 0 Å². The maximum Gasteiger partial charge on any atom is 0.247 e. The fourth-order valence-electron chi connectivity index (χ4n) is 2.56. The number of rotatable bonds is 5. The van der Waals surface area contributed by atoms with Crippen molar-refractivity contribution < 1.29 is 14.6 Å². The van der Waals surface area contributed by atoms with Crippen LogP contribution in [0.15, 0.2) is 40.8 Å². The third-order valence-electron chi connectivity index (χ3n) is 4.12. The van der Waals surface area contributed by atoms with Gasteiger partial charge in [-0.3, -0.25) is 0 Å². The topological polar surface area (TPSA) is 115 Å². The first kappa shape index (κ1) is 19.1. The summed E-state index contributed by atoms with van der Waals surface area (Å²) in [4.78, 5) is 0. The number of anilines is 1. The first-order valence-electron chi connectivity index (χ1n) is 8.17. The molecule has 0 saturated carbocycles. The minimum absolute atomic E-state index is 0.146. The summed E-state index contributed by atoms with van der Waals surface area (Å²) in [5, 5.41) is 40.1. The van der Waals surface area contributed by atoms with E-state index in [0.29, 0.717) is 17.0 Å². The fourth-order valence-corrected chi connectivity index (χ4v) is 3.16. The van der Waals surface area contributed by atoms with Crippen molar-refractivity contribution in [1.29, 1.82) is 5.26 Å². The van der Waals surface area contributed by atoms with Crippen LogP contribution in [0.4, 0.5) is 5.69 Å². The molecule has 2 unspecified atom stereocenters. The quantitative estimate of drug-likeness (QED) is 0.481. The molecule has 138 valence electrons. The molecule has 7 nitrogen and oxygen atoms in total. The SMILES string of the molecule is Cc1c(NC(c2nnc(-c3ccc(O)cc3)o2)C(C)O)ccc(C#N)c1I. The number of phenolic OH excluding ortho intramolecular Hbond substituents is 1. The molecule has 0 saturated heterocycles. The van der Waals surface area contributed by atoms with Gasteiger partial charge in [0.25, 0.3) is 0 Å². The molecule has 3 rings (SSSR count). The van der Waals surface area contributed by atoms with Crippen LogP contribution < -0.4 is 5.32 Å². The van der Waals surface area contributed by atoms with Crippen molar-refractivity contribution in [1.82, 2.24) is 10.2 Å². The number of hydrogen-bond donors (Lipinski definition) is 3. The predicted octanol–water partition coefficient (Wildman–Crippen LogP) is 3.76. The van der Waals surface area contributed by atoms with E-state index < -0.39 is 12.1 Å². The molecule has 1 aromatic heterocycles. The largest absolute Gasteiger partial charge is 0.508 e. The monoisotopic (exact) mass is 476 g/mol. The number of aromatic nitrogens is 2. The Kier molecular flexibility index (Phi) is 5.62. The third-order valence-corrected chi connectivity index (χ3v) is 5.51. The minimum Gasteiger partial charge on any atom is -0.508 e. The van der Waals surface area contributed by atoms with Gasteiger partial charge in [-0.05, 0) is 78.4 Å². The number of aliphatic hydroxyl groups is 1. The molecule has 0 spiro atoms. The van der Waals surface area contributed by atoms with Gasteiger partial charge in [-0.1, -0.05) is 0 Å². The standard InChI is InChI=1S/C19H17IN4O3/c1-10-15(8-5-13(9-21)16(10)20)22-17(11(2)25)19-24-23-18(27-19)12-3-6-14(26)7-4-12/h3-8,11,17,22,25-26H,1-2H3. The summed E-state index contributed by atoms with van der Waals surface area (Å²) in [5.74, 6) is 0.684. The lowest BCUT2D eigenvalue weighted by Gasteiger charge is -2.21.